The fourth-order valence-electron chi connectivity index (χ4n) is 2.68. The average molecular weight is 394 g/mol. The Labute approximate surface area is 165 Å². The first-order valence-corrected chi connectivity index (χ1v) is 9.26. The van der Waals surface area contributed by atoms with Crippen LogP contribution in [0.4, 0.5) is 0 Å². The summed E-state index contributed by atoms with van der Waals surface area (Å²) in [5, 5.41) is 18.5. The Hall–Kier alpha value is -2.95. The second kappa shape index (κ2) is 8.16. The van der Waals surface area contributed by atoms with E-state index in [1.54, 1.807) is 30.3 Å². The van der Waals surface area contributed by atoms with Gasteiger partial charge < -0.3 is 5.11 Å². The van der Waals surface area contributed by atoms with Crippen LogP contribution in [0.25, 0.3) is 6.08 Å². The lowest BCUT2D eigenvalue weighted by Gasteiger charge is -2.23. The molecule has 1 amide bonds. The van der Waals surface area contributed by atoms with Crippen LogP contribution in [-0.2, 0) is 16.0 Å². The number of carbonyl (C=O) groups excluding carboxylic acids is 1. The zero-order chi connectivity index (χ0) is 19.4. The number of carbonyl (C=O) groups is 2. The standard InChI is InChI=1S/C20H14N2O3S2/c21-12-15-8-6-14(7-9-15)11-17-18(23)22(20(26)27-17)16(19(24)25)10-13-4-2-1-3-5-13/h1-9,11,16H,10H2,(H,24,25)/b17-11-/t16-/m1/s1. The molecule has 1 heterocycles. The fourth-order valence-corrected chi connectivity index (χ4v) is 4.04. The number of rotatable bonds is 5. The monoisotopic (exact) mass is 394 g/mol. The van der Waals surface area contributed by atoms with Crippen molar-refractivity contribution < 1.29 is 14.7 Å². The number of aliphatic carboxylic acids is 1. The van der Waals surface area contributed by atoms with E-state index in [1.807, 2.05) is 36.4 Å². The van der Waals surface area contributed by atoms with Crippen molar-refractivity contribution >= 4 is 46.3 Å². The molecule has 134 valence electrons. The molecule has 0 bridgehead atoms. The maximum Gasteiger partial charge on any atom is 0.327 e. The smallest absolute Gasteiger partial charge is 0.327 e. The minimum Gasteiger partial charge on any atom is -0.480 e. The van der Waals surface area contributed by atoms with Crippen LogP contribution in [0.5, 0.6) is 0 Å². The topological polar surface area (TPSA) is 81.4 Å². The van der Waals surface area contributed by atoms with E-state index < -0.39 is 17.9 Å². The molecular formula is C20H14N2O3S2. The molecule has 5 nitrogen and oxygen atoms in total. The first kappa shape index (κ1) is 18.8. The van der Waals surface area contributed by atoms with Crippen molar-refractivity contribution in [3.8, 4) is 6.07 Å². The Morgan fingerprint density at radius 2 is 1.89 bits per heavy atom. The van der Waals surface area contributed by atoms with E-state index in [0.717, 1.165) is 22.9 Å². The Morgan fingerprint density at radius 3 is 2.48 bits per heavy atom. The minimum absolute atomic E-state index is 0.173. The van der Waals surface area contributed by atoms with E-state index in [4.69, 9.17) is 17.5 Å². The molecule has 7 heteroatoms. The van der Waals surface area contributed by atoms with Crippen LogP contribution >= 0.6 is 24.0 Å². The Balaban J connectivity index is 1.86. The highest BCUT2D eigenvalue weighted by atomic mass is 32.2. The minimum atomic E-state index is -1.10. The summed E-state index contributed by atoms with van der Waals surface area (Å²) in [6.45, 7) is 0. The molecule has 0 spiro atoms. The van der Waals surface area contributed by atoms with Crippen molar-refractivity contribution in [2.45, 2.75) is 12.5 Å². The molecule has 0 radical (unpaired) electrons. The predicted octanol–water partition coefficient (Wildman–Crippen LogP) is 3.46. The summed E-state index contributed by atoms with van der Waals surface area (Å²) in [7, 11) is 0. The van der Waals surface area contributed by atoms with Gasteiger partial charge in [0.15, 0.2) is 0 Å². The number of carboxylic acid groups (broad SMARTS) is 1. The maximum absolute atomic E-state index is 12.8. The van der Waals surface area contributed by atoms with Crippen molar-refractivity contribution in [3.05, 3.63) is 76.2 Å². The van der Waals surface area contributed by atoms with Crippen molar-refractivity contribution in [2.75, 3.05) is 0 Å². The lowest BCUT2D eigenvalue weighted by atomic mass is 10.0. The second-order valence-corrected chi connectivity index (χ2v) is 7.51. The largest absolute Gasteiger partial charge is 0.480 e. The third kappa shape index (κ3) is 4.25. The second-order valence-electron chi connectivity index (χ2n) is 5.83. The zero-order valence-corrected chi connectivity index (χ0v) is 15.7. The summed E-state index contributed by atoms with van der Waals surface area (Å²) in [6, 6.07) is 16.9. The molecule has 1 N–H and O–H groups in total. The van der Waals surface area contributed by atoms with Crippen LogP contribution in [0.2, 0.25) is 0 Å². The highest BCUT2D eigenvalue weighted by Crippen LogP contribution is 2.34. The lowest BCUT2D eigenvalue weighted by Crippen LogP contribution is -2.45. The number of nitriles is 1. The highest BCUT2D eigenvalue weighted by Gasteiger charge is 2.40. The number of thioether (sulfide) groups is 1. The molecule has 1 saturated heterocycles. The van der Waals surface area contributed by atoms with Gasteiger partial charge in [0.1, 0.15) is 10.4 Å². The van der Waals surface area contributed by atoms with Crippen molar-refractivity contribution in [1.29, 1.82) is 5.26 Å². The number of amides is 1. The molecule has 0 aliphatic carbocycles. The number of benzene rings is 2. The van der Waals surface area contributed by atoms with Gasteiger partial charge in [-0.1, -0.05) is 66.4 Å². The number of hydrogen-bond donors (Lipinski definition) is 1. The van der Waals surface area contributed by atoms with Crippen molar-refractivity contribution in [3.63, 3.8) is 0 Å². The zero-order valence-electron chi connectivity index (χ0n) is 14.0. The van der Waals surface area contributed by atoms with Crippen LogP contribution in [0.15, 0.2) is 59.5 Å². The van der Waals surface area contributed by atoms with E-state index in [9.17, 15) is 14.7 Å². The summed E-state index contributed by atoms with van der Waals surface area (Å²) >= 11 is 6.37. The van der Waals surface area contributed by atoms with Gasteiger partial charge in [0.05, 0.1) is 16.5 Å². The van der Waals surface area contributed by atoms with E-state index in [-0.39, 0.29) is 10.7 Å². The average Bonchev–Trinajstić information content (AvgIpc) is 2.94. The van der Waals surface area contributed by atoms with Crippen molar-refractivity contribution in [1.82, 2.24) is 4.90 Å². The molecule has 3 rings (SSSR count). The third-order valence-corrected chi connectivity index (χ3v) is 5.36. The fraction of sp³-hybridized carbons (Fsp3) is 0.100. The molecule has 2 aromatic carbocycles. The van der Waals surface area contributed by atoms with Crippen molar-refractivity contribution in [2.24, 2.45) is 0 Å². The van der Waals surface area contributed by atoms with E-state index in [0.29, 0.717) is 10.5 Å². The molecule has 2 aromatic rings. The maximum atomic E-state index is 12.8. The Morgan fingerprint density at radius 1 is 1.22 bits per heavy atom. The third-order valence-electron chi connectivity index (χ3n) is 4.03. The van der Waals surface area contributed by atoms with E-state index in [2.05, 4.69) is 0 Å². The van der Waals surface area contributed by atoms with E-state index in [1.165, 1.54) is 4.90 Å². The quantitative estimate of drug-likeness (QED) is 0.618. The van der Waals surface area contributed by atoms with Gasteiger partial charge in [-0.05, 0) is 29.3 Å². The molecule has 1 aliphatic heterocycles. The van der Waals surface area contributed by atoms with Gasteiger partial charge in [0, 0.05) is 6.42 Å². The predicted molar refractivity (Wildman–Crippen MR) is 108 cm³/mol. The number of thiocarbonyl (C=S) groups is 1. The van der Waals surface area contributed by atoms with Crippen LogP contribution in [0.1, 0.15) is 16.7 Å². The number of nitrogens with zero attached hydrogens (tertiary/aromatic N) is 2. The lowest BCUT2D eigenvalue weighted by molar-refractivity contribution is -0.145. The van der Waals surface area contributed by atoms with Crippen LogP contribution in [0.3, 0.4) is 0 Å². The summed E-state index contributed by atoms with van der Waals surface area (Å²) in [5.41, 5.74) is 2.08. The Kier molecular flexibility index (Phi) is 5.69. The first-order chi connectivity index (χ1) is 13.0. The molecule has 0 aromatic heterocycles. The van der Waals surface area contributed by atoms with Gasteiger partial charge in [-0.25, -0.2) is 4.79 Å². The van der Waals surface area contributed by atoms with Crippen LogP contribution < -0.4 is 0 Å². The van der Waals surface area contributed by atoms with Crippen LogP contribution in [-0.4, -0.2) is 32.2 Å². The molecular weight excluding hydrogens is 380 g/mol. The summed E-state index contributed by atoms with van der Waals surface area (Å²) in [5.74, 6) is -1.52. The van der Waals surface area contributed by atoms with Gasteiger partial charge in [-0.3, -0.25) is 9.69 Å². The molecule has 0 unspecified atom stereocenters. The molecule has 27 heavy (non-hydrogen) atoms. The SMILES string of the molecule is N#Cc1ccc(/C=C2\SC(=S)N([C@H](Cc3ccccc3)C(=O)O)C2=O)cc1. The normalized spacial score (nSPS) is 16.4. The highest BCUT2D eigenvalue weighted by molar-refractivity contribution is 8.26. The van der Waals surface area contributed by atoms with Gasteiger partial charge in [-0.2, -0.15) is 5.26 Å². The number of carboxylic acids is 1. The van der Waals surface area contributed by atoms with Gasteiger partial charge in [-0.15, -0.1) is 0 Å². The summed E-state index contributed by atoms with van der Waals surface area (Å²) < 4.78 is 0.225. The van der Waals surface area contributed by atoms with Gasteiger partial charge >= 0.3 is 5.97 Å². The Bertz CT molecular complexity index is 963. The van der Waals surface area contributed by atoms with Gasteiger partial charge in [0.2, 0.25) is 0 Å². The number of hydrogen-bond acceptors (Lipinski definition) is 5. The first-order valence-electron chi connectivity index (χ1n) is 8.03. The molecule has 1 atom stereocenters. The molecule has 1 aliphatic rings. The van der Waals surface area contributed by atoms with Gasteiger partial charge in [0.25, 0.3) is 5.91 Å². The summed E-state index contributed by atoms with van der Waals surface area (Å²) in [6.07, 6.45) is 1.83. The molecule has 0 saturated carbocycles. The molecule has 1 fully saturated rings. The van der Waals surface area contributed by atoms with E-state index >= 15 is 0 Å². The van der Waals surface area contributed by atoms with Crippen LogP contribution in [0, 0.1) is 11.3 Å². The summed E-state index contributed by atoms with van der Waals surface area (Å²) in [4.78, 5) is 26.2.